The number of imidazole rings is 1. The van der Waals surface area contributed by atoms with Crippen LogP contribution in [0.15, 0.2) is 18.2 Å². The van der Waals surface area contributed by atoms with Crippen molar-refractivity contribution in [1.82, 2.24) is 9.55 Å². The van der Waals surface area contributed by atoms with Gasteiger partial charge >= 0.3 is 0 Å². The van der Waals surface area contributed by atoms with Crippen molar-refractivity contribution in [1.29, 1.82) is 0 Å². The number of rotatable bonds is 2. The lowest BCUT2D eigenvalue weighted by molar-refractivity contribution is 0.574. The summed E-state index contributed by atoms with van der Waals surface area (Å²) in [6.45, 7) is 2.12. The lowest BCUT2D eigenvalue weighted by Crippen LogP contribution is -2.17. The number of aryl methyl sites for hydroxylation is 2. The Balaban J connectivity index is 2.18. The van der Waals surface area contributed by atoms with Crippen LogP contribution in [-0.2, 0) is 7.05 Å². The van der Waals surface area contributed by atoms with Gasteiger partial charge in [-0.25, -0.2) is 4.98 Å². The maximum atomic E-state index is 6.23. The van der Waals surface area contributed by atoms with Crippen molar-refractivity contribution in [2.24, 2.45) is 18.7 Å². The maximum Gasteiger partial charge on any atom is 0.126 e. The molecule has 1 aromatic heterocycles. The molecule has 2 aromatic rings. The van der Waals surface area contributed by atoms with Crippen LogP contribution < -0.4 is 5.73 Å². The molecule has 0 radical (unpaired) electrons. The fraction of sp³-hybridized carbons (Fsp3) is 0.462. The molecular formula is C13H17N3. The molecule has 16 heavy (non-hydrogen) atoms. The van der Waals surface area contributed by atoms with Gasteiger partial charge in [-0.3, -0.25) is 0 Å². The standard InChI is InChI=1S/C13H17N3/c1-8-4-3-5-10-12(8)16(2)13(15-10)11(14)9-6-7-9/h3-5,9,11H,6-7,14H2,1-2H3. The smallest absolute Gasteiger partial charge is 0.126 e. The second kappa shape index (κ2) is 3.32. The highest BCUT2D eigenvalue weighted by Gasteiger charge is 2.32. The highest BCUT2D eigenvalue weighted by molar-refractivity contribution is 5.79. The molecule has 0 amide bonds. The van der Waals surface area contributed by atoms with E-state index in [2.05, 4.69) is 41.7 Å². The minimum absolute atomic E-state index is 0.108. The van der Waals surface area contributed by atoms with Gasteiger partial charge in [0, 0.05) is 7.05 Å². The monoisotopic (exact) mass is 215 g/mol. The van der Waals surface area contributed by atoms with Crippen LogP contribution in [-0.4, -0.2) is 9.55 Å². The summed E-state index contributed by atoms with van der Waals surface area (Å²) in [5.74, 6) is 1.68. The second-order valence-corrected chi connectivity index (χ2v) is 4.83. The summed E-state index contributed by atoms with van der Waals surface area (Å²) in [5.41, 5.74) is 9.78. The van der Waals surface area contributed by atoms with Gasteiger partial charge in [0.25, 0.3) is 0 Å². The van der Waals surface area contributed by atoms with E-state index in [1.165, 1.54) is 23.9 Å². The lowest BCUT2D eigenvalue weighted by Gasteiger charge is -2.10. The number of para-hydroxylation sites is 1. The molecule has 0 saturated heterocycles. The molecule has 1 unspecified atom stereocenters. The number of nitrogens with two attached hydrogens (primary N) is 1. The SMILES string of the molecule is Cc1cccc2nc(C(N)C3CC3)n(C)c12. The van der Waals surface area contributed by atoms with E-state index >= 15 is 0 Å². The molecule has 1 heterocycles. The molecule has 3 nitrogen and oxygen atoms in total. The zero-order valence-electron chi connectivity index (χ0n) is 9.77. The lowest BCUT2D eigenvalue weighted by atomic mass is 10.2. The molecule has 1 aliphatic rings. The van der Waals surface area contributed by atoms with E-state index < -0.39 is 0 Å². The van der Waals surface area contributed by atoms with E-state index in [0.29, 0.717) is 5.92 Å². The predicted molar refractivity (Wildman–Crippen MR) is 65.1 cm³/mol. The van der Waals surface area contributed by atoms with Crippen LogP contribution in [0.2, 0.25) is 0 Å². The van der Waals surface area contributed by atoms with Crippen molar-refractivity contribution in [3.8, 4) is 0 Å². The molecule has 1 saturated carbocycles. The molecular weight excluding hydrogens is 198 g/mol. The van der Waals surface area contributed by atoms with Crippen LogP contribution >= 0.6 is 0 Å². The fourth-order valence-corrected chi connectivity index (χ4v) is 2.45. The average molecular weight is 215 g/mol. The Morgan fingerprint density at radius 2 is 2.19 bits per heavy atom. The summed E-state index contributed by atoms with van der Waals surface area (Å²) in [6.07, 6.45) is 2.51. The van der Waals surface area contributed by atoms with E-state index in [9.17, 15) is 0 Å². The molecule has 0 bridgehead atoms. The minimum Gasteiger partial charge on any atom is -0.330 e. The minimum atomic E-state index is 0.108. The van der Waals surface area contributed by atoms with Crippen LogP contribution in [0.1, 0.15) is 30.3 Å². The Hall–Kier alpha value is -1.35. The molecule has 1 atom stereocenters. The first-order valence-corrected chi connectivity index (χ1v) is 5.86. The van der Waals surface area contributed by atoms with Crippen LogP contribution in [0.25, 0.3) is 11.0 Å². The molecule has 3 heteroatoms. The highest BCUT2D eigenvalue weighted by Crippen LogP contribution is 2.39. The summed E-state index contributed by atoms with van der Waals surface area (Å²) in [7, 11) is 2.07. The Bertz CT molecular complexity index is 537. The van der Waals surface area contributed by atoms with Gasteiger partial charge in [0.05, 0.1) is 17.1 Å². The van der Waals surface area contributed by atoms with Gasteiger partial charge in [0.2, 0.25) is 0 Å². The van der Waals surface area contributed by atoms with Crippen LogP contribution in [0, 0.1) is 12.8 Å². The molecule has 2 N–H and O–H groups in total. The number of benzene rings is 1. The first kappa shape index (κ1) is 9.85. The summed E-state index contributed by atoms with van der Waals surface area (Å²) in [5, 5.41) is 0. The molecule has 84 valence electrons. The molecule has 0 aliphatic heterocycles. The number of aromatic nitrogens is 2. The Morgan fingerprint density at radius 3 is 2.81 bits per heavy atom. The van der Waals surface area contributed by atoms with E-state index in [1.807, 2.05) is 0 Å². The van der Waals surface area contributed by atoms with Crippen LogP contribution in [0.5, 0.6) is 0 Å². The van der Waals surface area contributed by atoms with Gasteiger partial charge in [-0.1, -0.05) is 12.1 Å². The topological polar surface area (TPSA) is 43.8 Å². The second-order valence-electron chi connectivity index (χ2n) is 4.83. The zero-order chi connectivity index (χ0) is 11.3. The van der Waals surface area contributed by atoms with Crippen molar-refractivity contribution in [2.75, 3.05) is 0 Å². The fourth-order valence-electron chi connectivity index (χ4n) is 2.45. The van der Waals surface area contributed by atoms with Crippen LogP contribution in [0.4, 0.5) is 0 Å². The van der Waals surface area contributed by atoms with Gasteiger partial charge in [0.1, 0.15) is 5.82 Å². The summed E-state index contributed by atoms with van der Waals surface area (Å²) < 4.78 is 2.16. The van der Waals surface area contributed by atoms with Gasteiger partial charge in [-0.2, -0.15) is 0 Å². The van der Waals surface area contributed by atoms with E-state index in [1.54, 1.807) is 0 Å². The molecule has 0 spiro atoms. The van der Waals surface area contributed by atoms with Gasteiger partial charge in [0.15, 0.2) is 0 Å². The highest BCUT2D eigenvalue weighted by atomic mass is 15.1. The maximum absolute atomic E-state index is 6.23. The molecule has 1 fully saturated rings. The van der Waals surface area contributed by atoms with Gasteiger partial charge in [-0.05, 0) is 37.3 Å². The molecule has 3 rings (SSSR count). The molecule has 1 aliphatic carbocycles. The third-order valence-electron chi connectivity index (χ3n) is 3.56. The number of fused-ring (bicyclic) bond motifs is 1. The van der Waals surface area contributed by atoms with E-state index in [0.717, 1.165) is 11.3 Å². The quantitative estimate of drug-likeness (QED) is 0.835. The average Bonchev–Trinajstić information content (AvgIpc) is 3.04. The molecule has 1 aromatic carbocycles. The number of hydrogen-bond acceptors (Lipinski definition) is 2. The zero-order valence-corrected chi connectivity index (χ0v) is 9.77. The Kier molecular flexibility index (Phi) is 2.04. The summed E-state index contributed by atoms with van der Waals surface area (Å²) in [6, 6.07) is 6.34. The third kappa shape index (κ3) is 1.35. The van der Waals surface area contributed by atoms with Crippen LogP contribution in [0.3, 0.4) is 0 Å². The number of hydrogen-bond donors (Lipinski definition) is 1. The van der Waals surface area contributed by atoms with Gasteiger partial charge in [-0.15, -0.1) is 0 Å². The van der Waals surface area contributed by atoms with Crippen molar-refractivity contribution in [3.63, 3.8) is 0 Å². The van der Waals surface area contributed by atoms with E-state index in [-0.39, 0.29) is 6.04 Å². The third-order valence-corrected chi connectivity index (χ3v) is 3.56. The first-order valence-electron chi connectivity index (χ1n) is 5.86. The van der Waals surface area contributed by atoms with Crippen molar-refractivity contribution in [3.05, 3.63) is 29.6 Å². The van der Waals surface area contributed by atoms with Crippen molar-refractivity contribution >= 4 is 11.0 Å². The Morgan fingerprint density at radius 1 is 1.44 bits per heavy atom. The van der Waals surface area contributed by atoms with E-state index in [4.69, 9.17) is 5.73 Å². The van der Waals surface area contributed by atoms with Gasteiger partial charge < -0.3 is 10.3 Å². The van der Waals surface area contributed by atoms with Crippen molar-refractivity contribution in [2.45, 2.75) is 25.8 Å². The summed E-state index contributed by atoms with van der Waals surface area (Å²) in [4.78, 5) is 4.67. The predicted octanol–water partition coefficient (Wildman–Crippen LogP) is 2.29. The normalized spacial score (nSPS) is 17.9. The largest absolute Gasteiger partial charge is 0.330 e. The number of nitrogens with zero attached hydrogens (tertiary/aromatic N) is 2. The summed E-state index contributed by atoms with van der Waals surface area (Å²) >= 11 is 0. The Labute approximate surface area is 95.3 Å². The first-order chi connectivity index (χ1) is 7.68. The van der Waals surface area contributed by atoms with Crippen molar-refractivity contribution < 1.29 is 0 Å².